The number of hydrogen-bond acceptors (Lipinski definition) is 4. The zero-order chi connectivity index (χ0) is 13.8. The van der Waals surface area contributed by atoms with Gasteiger partial charge in [0.05, 0.1) is 13.3 Å². The molecule has 2 aromatic rings. The van der Waals surface area contributed by atoms with Gasteiger partial charge in [-0.05, 0) is 37.1 Å². The number of carbonyl (C=O) groups excluding carboxylic acids is 1. The number of carbonyl (C=O) groups is 1. The van der Waals surface area contributed by atoms with Gasteiger partial charge in [-0.1, -0.05) is 0 Å². The molecule has 1 amide bonds. The normalized spacial score (nSPS) is 10.1. The number of benzene rings is 1. The van der Waals surface area contributed by atoms with E-state index in [-0.39, 0.29) is 11.6 Å². The van der Waals surface area contributed by atoms with Crippen LogP contribution in [0.2, 0.25) is 0 Å². The summed E-state index contributed by atoms with van der Waals surface area (Å²) in [6.45, 7) is 3.89. The second-order valence-electron chi connectivity index (χ2n) is 4.11. The van der Waals surface area contributed by atoms with Gasteiger partial charge in [-0.3, -0.25) is 9.78 Å². The van der Waals surface area contributed by atoms with Crippen molar-refractivity contribution in [2.45, 2.75) is 13.8 Å². The zero-order valence-electron chi connectivity index (χ0n) is 11.1. The van der Waals surface area contributed by atoms with Crippen LogP contribution in [-0.4, -0.2) is 23.0 Å². The first-order valence-corrected chi connectivity index (χ1v) is 5.85. The Labute approximate surface area is 111 Å². The van der Waals surface area contributed by atoms with E-state index in [4.69, 9.17) is 4.74 Å². The minimum atomic E-state index is -0.277. The lowest BCUT2D eigenvalue weighted by Gasteiger charge is -2.13. The summed E-state index contributed by atoms with van der Waals surface area (Å²) in [6.07, 6.45) is 4.45. The Morgan fingerprint density at radius 2 is 2.00 bits per heavy atom. The van der Waals surface area contributed by atoms with Gasteiger partial charge in [0.1, 0.15) is 11.4 Å². The number of anilines is 1. The number of rotatable bonds is 3. The van der Waals surface area contributed by atoms with E-state index < -0.39 is 0 Å². The Hall–Kier alpha value is -2.43. The van der Waals surface area contributed by atoms with Gasteiger partial charge in [0.2, 0.25) is 0 Å². The fourth-order valence-corrected chi connectivity index (χ4v) is 1.76. The van der Waals surface area contributed by atoms with E-state index in [2.05, 4.69) is 15.3 Å². The summed E-state index contributed by atoms with van der Waals surface area (Å²) in [5, 5.41) is 2.82. The Bertz CT molecular complexity index is 597. The molecule has 0 aliphatic rings. The molecule has 98 valence electrons. The van der Waals surface area contributed by atoms with E-state index in [9.17, 15) is 4.79 Å². The van der Waals surface area contributed by atoms with Crippen molar-refractivity contribution >= 4 is 11.6 Å². The molecule has 0 radical (unpaired) electrons. The van der Waals surface area contributed by atoms with Crippen molar-refractivity contribution in [2.24, 2.45) is 0 Å². The van der Waals surface area contributed by atoms with Crippen molar-refractivity contribution < 1.29 is 9.53 Å². The van der Waals surface area contributed by atoms with Crippen molar-refractivity contribution in [3.63, 3.8) is 0 Å². The summed E-state index contributed by atoms with van der Waals surface area (Å²) in [6, 6.07) is 3.64. The summed E-state index contributed by atoms with van der Waals surface area (Å²) in [4.78, 5) is 19.8. The van der Waals surface area contributed by atoms with Gasteiger partial charge < -0.3 is 10.1 Å². The molecule has 0 aliphatic heterocycles. The molecular formula is C14H15N3O2. The smallest absolute Gasteiger partial charge is 0.275 e. The van der Waals surface area contributed by atoms with Crippen LogP contribution in [0, 0.1) is 13.8 Å². The molecular weight excluding hydrogens is 242 g/mol. The van der Waals surface area contributed by atoms with Crippen LogP contribution < -0.4 is 10.1 Å². The third-order valence-corrected chi connectivity index (χ3v) is 3.00. The van der Waals surface area contributed by atoms with Gasteiger partial charge >= 0.3 is 0 Å². The van der Waals surface area contributed by atoms with Crippen LogP contribution in [0.4, 0.5) is 5.69 Å². The number of nitrogens with zero attached hydrogens (tertiary/aromatic N) is 2. The van der Waals surface area contributed by atoms with Crippen LogP contribution in [0.3, 0.4) is 0 Å². The predicted molar refractivity (Wildman–Crippen MR) is 72.5 cm³/mol. The standard InChI is InChI=1S/C14H15N3O2/c1-9-10(2)13(19-3)5-4-11(9)17-14(18)12-8-15-6-7-16-12/h4-8H,1-3H3,(H,17,18). The van der Waals surface area contributed by atoms with Gasteiger partial charge in [0.15, 0.2) is 0 Å². The Kier molecular flexibility index (Phi) is 3.75. The lowest BCUT2D eigenvalue weighted by Crippen LogP contribution is -2.15. The molecule has 1 aromatic carbocycles. The average molecular weight is 257 g/mol. The molecule has 0 bridgehead atoms. The van der Waals surface area contributed by atoms with Crippen LogP contribution in [0.1, 0.15) is 21.6 Å². The number of nitrogens with one attached hydrogen (secondary N) is 1. The minimum absolute atomic E-state index is 0.277. The highest BCUT2D eigenvalue weighted by Crippen LogP contribution is 2.27. The predicted octanol–water partition coefficient (Wildman–Crippen LogP) is 2.35. The van der Waals surface area contributed by atoms with Crippen molar-refractivity contribution in [3.05, 3.63) is 47.5 Å². The molecule has 0 aliphatic carbocycles. The van der Waals surface area contributed by atoms with Crippen molar-refractivity contribution in [3.8, 4) is 5.75 Å². The molecule has 2 rings (SSSR count). The van der Waals surface area contributed by atoms with Gasteiger partial charge in [-0.2, -0.15) is 0 Å². The fraction of sp³-hybridized carbons (Fsp3) is 0.214. The van der Waals surface area contributed by atoms with Crippen molar-refractivity contribution in [2.75, 3.05) is 12.4 Å². The second kappa shape index (κ2) is 5.48. The quantitative estimate of drug-likeness (QED) is 0.916. The SMILES string of the molecule is COc1ccc(NC(=O)c2cnccn2)c(C)c1C. The summed E-state index contributed by atoms with van der Waals surface area (Å²) >= 11 is 0. The molecule has 19 heavy (non-hydrogen) atoms. The topological polar surface area (TPSA) is 64.1 Å². The largest absolute Gasteiger partial charge is 0.496 e. The maximum atomic E-state index is 12.0. The van der Waals surface area contributed by atoms with Crippen LogP contribution in [0.5, 0.6) is 5.75 Å². The lowest BCUT2D eigenvalue weighted by molar-refractivity contribution is 0.102. The number of aromatic nitrogens is 2. The highest BCUT2D eigenvalue weighted by atomic mass is 16.5. The number of amides is 1. The van der Waals surface area contributed by atoms with Gasteiger partial charge in [-0.25, -0.2) is 4.98 Å². The summed E-state index contributed by atoms with van der Waals surface area (Å²) in [5.74, 6) is 0.524. The highest BCUT2D eigenvalue weighted by Gasteiger charge is 2.11. The molecule has 0 atom stereocenters. The highest BCUT2D eigenvalue weighted by molar-refractivity contribution is 6.03. The van der Waals surface area contributed by atoms with Crippen LogP contribution in [-0.2, 0) is 0 Å². The molecule has 0 fully saturated rings. The number of hydrogen-bond donors (Lipinski definition) is 1. The number of ether oxygens (including phenoxy) is 1. The van der Waals surface area contributed by atoms with Gasteiger partial charge in [0.25, 0.3) is 5.91 Å². The van der Waals surface area contributed by atoms with Crippen molar-refractivity contribution in [1.82, 2.24) is 9.97 Å². The first kappa shape index (κ1) is 13.0. The monoisotopic (exact) mass is 257 g/mol. The van der Waals surface area contributed by atoms with E-state index >= 15 is 0 Å². The third kappa shape index (κ3) is 2.70. The first-order valence-electron chi connectivity index (χ1n) is 5.85. The Morgan fingerprint density at radius 1 is 1.21 bits per heavy atom. The van der Waals surface area contributed by atoms with Crippen molar-refractivity contribution in [1.29, 1.82) is 0 Å². The summed E-state index contributed by atoms with van der Waals surface area (Å²) in [5.41, 5.74) is 3.00. The molecule has 1 aromatic heterocycles. The second-order valence-corrected chi connectivity index (χ2v) is 4.11. The van der Waals surface area contributed by atoms with Gasteiger partial charge in [0, 0.05) is 18.1 Å². The molecule has 1 N–H and O–H groups in total. The summed E-state index contributed by atoms with van der Waals surface area (Å²) < 4.78 is 5.24. The molecule has 5 heteroatoms. The minimum Gasteiger partial charge on any atom is -0.496 e. The third-order valence-electron chi connectivity index (χ3n) is 3.00. The molecule has 5 nitrogen and oxygen atoms in total. The molecule has 0 unspecified atom stereocenters. The van der Waals surface area contributed by atoms with E-state index in [0.29, 0.717) is 0 Å². The van der Waals surface area contributed by atoms with Crippen LogP contribution >= 0.6 is 0 Å². The molecule has 0 saturated heterocycles. The molecule has 0 spiro atoms. The molecule has 0 saturated carbocycles. The van der Waals surface area contributed by atoms with Crippen LogP contribution in [0.15, 0.2) is 30.7 Å². The molecule has 1 heterocycles. The van der Waals surface area contributed by atoms with Gasteiger partial charge in [-0.15, -0.1) is 0 Å². The maximum Gasteiger partial charge on any atom is 0.275 e. The summed E-state index contributed by atoms with van der Waals surface area (Å²) in [7, 11) is 1.62. The Morgan fingerprint density at radius 3 is 2.63 bits per heavy atom. The zero-order valence-corrected chi connectivity index (χ0v) is 11.1. The van der Waals surface area contributed by atoms with E-state index in [1.165, 1.54) is 18.6 Å². The maximum absolute atomic E-state index is 12.0. The number of methoxy groups -OCH3 is 1. The first-order chi connectivity index (χ1) is 9.13. The van der Waals surface area contributed by atoms with E-state index in [1.54, 1.807) is 7.11 Å². The van der Waals surface area contributed by atoms with Crippen LogP contribution in [0.25, 0.3) is 0 Å². The van der Waals surface area contributed by atoms with E-state index in [1.807, 2.05) is 26.0 Å². The Balaban J connectivity index is 2.25. The fourth-order valence-electron chi connectivity index (χ4n) is 1.76. The average Bonchev–Trinajstić information content (AvgIpc) is 2.45. The lowest BCUT2D eigenvalue weighted by atomic mass is 10.1. The van der Waals surface area contributed by atoms with E-state index in [0.717, 1.165) is 22.6 Å².